The molecule has 4 heteroatoms. The third kappa shape index (κ3) is 3.23. The van der Waals surface area contributed by atoms with E-state index in [9.17, 15) is 0 Å². The molecule has 2 heterocycles. The second kappa shape index (κ2) is 7.31. The molecule has 0 aromatic heterocycles. The van der Waals surface area contributed by atoms with Crippen LogP contribution in [0.4, 0.5) is 0 Å². The largest absolute Gasteiger partial charge is 0.496 e. The summed E-state index contributed by atoms with van der Waals surface area (Å²) in [6, 6.07) is 14.7. The fourth-order valence-electron chi connectivity index (χ4n) is 3.78. The quantitative estimate of drug-likeness (QED) is 0.795. The molecular formula is C23H24N2O2. The van der Waals surface area contributed by atoms with Crippen LogP contribution in [0.25, 0.3) is 5.70 Å². The van der Waals surface area contributed by atoms with Crippen molar-refractivity contribution in [1.29, 1.82) is 0 Å². The second-order valence-corrected chi connectivity index (χ2v) is 6.75. The van der Waals surface area contributed by atoms with Gasteiger partial charge in [0.25, 0.3) is 0 Å². The number of nitrogens with zero attached hydrogens (tertiary/aromatic N) is 2. The fraction of sp³-hybridized carbons (Fsp3) is 0.261. The summed E-state index contributed by atoms with van der Waals surface area (Å²) in [5.41, 5.74) is 5.58. The molecule has 1 atom stereocenters. The maximum Gasteiger partial charge on any atom is 0.122 e. The zero-order valence-electron chi connectivity index (χ0n) is 16.0. The Labute approximate surface area is 160 Å². The van der Waals surface area contributed by atoms with Gasteiger partial charge in [0.1, 0.15) is 11.5 Å². The van der Waals surface area contributed by atoms with Gasteiger partial charge in [-0.25, -0.2) is 0 Å². The van der Waals surface area contributed by atoms with Crippen molar-refractivity contribution in [3.8, 4) is 11.5 Å². The molecule has 0 fully saturated rings. The van der Waals surface area contributed by atoms with Gasteiger partial charge in [-0.15, -0.1) is 0 Å². The molecule has 4 nitrogen and oxygen atoms in total. The summed E-state index contributed by atoms with van der Waals surface area (Å²) in [7, 11) is 1.74. The van der Waals surface area contributed by atoms with Crippen LogP contribution in [0.1, 0.15) is 30.5 Å². The van der Waals surface area contributed by atoms with Gasteiger partial charge < -0.3 is 14.4 Å². The molecule has 2 aliphatic rings. The Morgan fingerprint density at radius 2 is 2.04 bits per heavy atom. The number of benzene rings is 2. The lowest BCUT2D eigenvalue weighted by atomic mass is 9.90. The van der Waals surface area contributed by atoms with Crippen molar-refractivity contribution in [2.24, 2.45) is 4.99 Å². The Morgan fingerprint density at radius 1 is 1.19 bits per heavy atom. The summed E-state index contributed by atoms with van der Waals surface area (Å²) in [5, 5.41) is 0. The van der Waals surface area contributed by atoms with Crippen LogP contribution in [0.3, 0.4) is 0 Å². The Bertz CT molecular complexity index is 943. The van der Waals surface area contributed by atoms with Crippen molar-refractivity contribution < 1.29 is 9.47 Å². The van der Waals surface area contributed by atoms with Gasteiger partial charge in [0.15, 0.2) is 0 Å². The zero-order chi connectivity index (χ0) is 18.8. The molecule has 0 saturated carbocycles. The minimum atomic E-state index is 0.334. The lowest BCUT2D eigenvalue weighted by molar-refractivity contribution is 0.340. The zero-order valence-corrected chi connectivity index (χ0v) is 16.0. The number of allylic oxidation sites excluding steroid dienone is 1. The number of rotatable bonds is 4. The number of aliphatic imine (C=N–C) groups is 1. The number of hydrogen-bond acceptors (Lipinski definition) is 4. The molecule has 0 saturated heterocycles. The van der Waals surface area contributed by atoms with Gasteiger partial charge in [-0.3, -0.25) is 4.99 Å². The standard InChI is InChI=1S/C23H24N2O2/c1-4-27-18-8-5-7-17(14-18)21-15-22-19-9-6-10-23(26-3)20(19)13-16(2)25(22)12-11-24-21/h5-12,14-16H,4,13H2,1-3H3. The lowest BCUT2D eigenvalue weighted by Crippen LogP contribution is -2.33. The Kier molecular flexibility index (Phi) is 4.71. The Balaban J connectivity index is 1.82. The Morgan fingerprint density at radius 3 is 2.85 bits per heavy atom. The first-order valence-corrected chi connectivity index (χ1v) is 9.35. The van der Waals surface area contributed by atoms with E-state index in [0.717, 1.165) is 34.9 Å². The summed E-state index contributed by atoms with van der Waals surface area (Å²) < 4.78 is 11.3. The Hall–Kier alpha value is -3.01. The molecule has 27 heavy (non-hydrogen) atoms. The van der Waals surface area contributed by atoms with Crippen LogP contribution in [0.2, 0.25) is 0 Å². The van der Waals surface area contributed by atoms with Crippen LogP contribution >= 0.6 is 0 Å². The summed E-state index contributed by atoms with van der Waals surface area (Å²) >= 11 is 0. The lowest BCUT2D eigenvalue weighted by Gasteiger charge is -2.36. The molecule has 2 aliphatic heterocycles. The van der Waals surface area contributed by atoms with Crippen LogP contribution in [0.5, 0.6) is 11.5 Å². The molecule has 2 aromatic rings. The topological polar surface area (TPSA) is 34.1 Å². The molecule has 0 aliphatic carbocycles. The maximum atomic E-state index is 5.66. The molecular weight excluding hydrogens is 336 g/mol. The maximum absolute atomic E-state index is 5.66. The van der Waals surface area contributed by atoms with Crippen LogP contribution in [-0.2, 0) is 6.42 Å². The van der Waals surface area contributed by atoms with Crippen LogP contribution in [0.15, 0.2) is 65.9 Å². The minimum Gasteiger partial charge on any atom is -0.496 e. The van der Waals surface area contributed by atoms with Crippen molar-refractivity contribution in [2.45, 2.75) is 26.3 Å². The molecule has 2 aromatic carbocycles. The predicted octanol–water partition coefficient (Wildman–Crippen LogP) is 4.66. The van der Waals surface area contributed by atoms with Crippen molar-refractivity contribution in [3.63, 3.8) is 0 Å². The first-order chi connectivity index (χ1) is 13.2. The molecule has 0 radical (unpaired) electrons. The van der Waals surface area contributed by atoms with Crippen molar-refractivity contribution in [2.75, 3.05) is 13.7 Å². The highest BCUT2D eigenvalue weighted by molar-refractivity contribution is 6.13. The number of hydrogen-bond donors (Lipinski definition) is 0. The van der Waals surface area contributed by atoms with Gasteiger partial charge in [-0.2, -0.15) is 0 Å². The second-order valence-electron chi connectivity index (χ2n) is 6.75. The van der Waals surface area contributed by atoms with Crippen LogP contribution < -0.4 is 9.47 Å². The van der Waals surface area contributed by atoms with E-state index in [1.807, 2.05) is 43.5 Å². The van der Waals surface area contributed by atoms with E-state index in [-0.39, 0.29) is 0 Å². The van der Waals surface area contributed by atoms with Crippen LogP contribution in [-0.4, -0.2) is 30.4 Å². The van der Waals surface area contributed by atoms with Crippen molar-refractivity contribution in [1.82, 2.24) is 4.90 Å². The third-order valence-corrected chi connectivity index (χ3v) is 5.04. The van der Waals surface area contributed by atoms with Gasteiger partial charge in [0.2, 0.25) is 0 Å². The number of ether oxygens (including phenoxy) is 2. The SMILES string of the molecule is CCOc1cccc(C2=NC=CN3C(=C2)c2cccc(OC)c2CC3C)c1. The highest BCUT2D eigenvalue weighted by Gasteiger charge is 2.28. The van der Waals surface area contributed by atoms with E-state index in [2.05, 4.69) is 36.2 Å². The van der Waals surface area contributed by atoms with Crippen molar-refractivity contribution in [3.05, 3.63) is 77.6 Å². The summed E-state index contributed by atoms with van der Waals surface area (Å²) in [5.74, 6) is 1.81. The third-order valence-electron chi connectivity index (χ3n) is 5.04. The molecule has 1 unspecified atom stereocenters. The van der Waals surface area contributed by atoms with Crippen LogP contribution in [0, 0.1) is 0 Å². The molecule has 0 N–H and O–H groups in total. The highest BCUT2D eigenvalue weighted by atomic mass is 16.5. The summed E-state index contributed by atoms with van der Waals surface area (Å²) in [6.07, 6.45) is 7.06. The number of fused-ring (bicyclic) bond motifs is 3. The number of methoxy groups -OCH3 is 1. The van der Waals surface area contributed by atoms with E-state index in [1.165, 1.54) is 11.1 Å². The fourth-order valence-corrected chi connectivity index (χ4v) is 3.78. The van der Waals surface area contributed by atoms with E-state index in [1.54, 1.807) is 7.11 Å². The van der Waals surface area contributed by atoms with E-state index < -0.39 is 0 Å². The summed E-state index contributed by atoms with van der Waals surface area (Å²) in [4.78, 5) is 7.00. The monoisotopic (exact) mass is 360 g/mol. The molecule has 0 spiro atoms. The first kappa shape index (κ1) is 17.4. The molecule has 0 bridgehead atoms. The predicted molar refractivity (Wildman–Crippen MR) is 109 cm³/mol. The van der Waals surface area contributed by atoms with E-state index in [0.29, 0.717) is 12.6 Å². The van der Waals surface area contributed by atoms with Gasteiger partial charge in [0.05, 0.1) is 25.1 Å². The van der Waals surface area contributed by atoms with Gasteiger partial charge in [-0.1, -0.05) is 24.3 Å². The summed E-state index contributed by atoms with van der Waals surface area (Å²) in [6.45, 7) is 4.87. The normalized spacial score (nSPS) is 18.0. The smallest absolute Gasteiger partial charge is 0.122 e. The molecule has 138 valence electrons. The van der Waals surface area contributed by atoms with Gasteiger partial charge in [-0.05, 0) is 44.5 Å². The average molecular weight is 360 g/mol. The van der Waals surface area contributed by atoms with E-state index in [4.69, 9.17) is 14.5 Å². The van der Waals surface area contributed by atoms with E-state index >= 15 is 0 Å². The van der Waals surface area contributed by atoms with Gasteiger partial charge >= 0.3 is 0 Å². The molecule has 4 rings (SSSR count). The van der Waals surface area contributed by atoms with Gasteiger partial charge in [0, 0.05) is 35.1 Å². The average Bonchev–Trinajstić information content (AvgIpc) is 2.92. The molecule has 0 amide bonds. The minimum absolute atomic E-state index is 0.334. The highest BCUT2D eigenvalue weighted by Crippen LogP contribution is 2.38. The first-order valence-electron chi connectivity index (χ1n) is 9.35. The van der Waals surface area contributed by atoms with Crippen molar-refractivity contribution >= 4 is 11.4 Å².